The summed E-state index contributed by atoms with van der Waals surface area (Å²) in [5.41, 5.74) is -0.499. The van der Waals surface area contributed by atoms with Crippen molar-refractivity contribution in [1.29, 1.82) is 0 Å². The Balaban J connectivity index is 3.29. The van der Waals surface area contributed by atoms with Crippen LogP contribution in [-0.2, 0) is 24.1 Å². The maximum Gasteiger partial charge on any atom is 0.415 e. The number of terminal acetylenes is 1. The van der Waals surface area contributed by atoms with E-state index in [2.05, 4.69) is 10.7 Å². The largest absolute Gasteiger partial charge is 0.495 e. The van der Waals surface area contributed by atoms with Crippen LogP contribution in [0.1, 0.15) is 27.7 Å². The Hall–Kier alpha value is -2.73. The maximum absolute atomic E-state index is 12.5. The molecule has 0 N–H and O–H groups in total. The molecule has 0 aliphatic rings. The molecular formula is C18H23NO7S. The summed E-state index contributed by atoms with van der Waals surface area (Å²) in [6.45, 7) is 6.13. The van der Waals surface area contributed by atoms with Crippen LogP contribution >= 0.6 is 0 Å². The van der Waals surface area contributed by atoms with E-state index in [4.69, 9.17) is 15.9 Å². The zero-order valence-electron chi connectivity index (χ0n) is 15.9. The summed E-state index contributed by atoms with van der Waals surface area (Å²) in [5.74, 6) is 0.937. The Morgan fingerprint density at radius 2 is 1.89 bits per heavy atom. The molecule has 0 unspecified atom stereocenters. The van der Waals surface area contributed by atoms with Gasteiger partial charge in [-0.15, -0.1) is 6.42 Å². The number of rotatable bonds is 6. The second-order valence-corrected chi connectivity index (χ2v) is 8.41. The number of nitrogens with zero attached hydrogens (tertiary/aromatic N) is 1. The summed E-state index contributed by atoms with van der Waals surface area (Å²) < 4.78 is 39.6. The van der Waals surface area contributed by atoms with Gasteiger partial charge >= 0.3 is 12.1 Å². The van der Waals surface area contributed by atoms with E-state index >= 15 is 0 Å². The fourth-order valence-corrected chi connectivity index (χ4v) is 2.98. The Bertz CT molecular complexity index is 847. The predicted octanol–water partition coefficient (Wildman–Crippen LogP) is 2.36. The number of amides is 1. The molecule has 1 amide bonds. The molecule has 27 heavy (non-hydrogen) atoms. The summed E-state index contributed by atoms with van der Waals surface area (Å²) in [6, 6.07) is 3.87. The molecular weight excluding hydrogens is 374 g/mol. The third-order valence-electron chi connectivity index (χ3n) is 3.08. The highest BCUT2D eigenvalue weighted by molar-refractivity contribution is 7.91. The molecule has 0 bridgehead atoms. The van der Waals surface area contributed by atoms with Gasteiger partial charge in [0.25, 0.3) is 0 Å². The lowest BCUT2D eigenvalue weighted by molar-refractivity contribution is -0.138. The van der Waals surface area contributed by atoms with Crippen molar-refractivity contribution >= 4 is 27.6 Å². The Labute approximate surface area is 159 Å². The van der Waals surface area contributed by atoms with Gasteiger partial charge in [-0.05, 0) is 32.9 Å². The fourth-order valence-electron chi connectivity index (χ4n) is 1.96. The van der Waals surface area contributed by atoms with E-state index in [1.807, 2.05) is 0 Å². The van der Waals surface area contributed by atoms with Gasteiger partial charge in [0, 0.05) is 13.0 Å². The molecule has 0 saturated heterocycles. The highest BCUT2D eigenvalue weighted by Crippen LogP contribution is 2.32. The van der Waals surface area contributed by atoms with E-state index in [1.165, 1.54) is 25.3 Å². The topological polar surface area (TPSA) is 99.2 Å². The van der Waals surface area contributed by atoms with Crippen LogP contribution in [0.15, 0.2) is 23.1 Å². The van der Waals surface area contributed by atoms with E-state index < -0.39 is 33.4 Å². The first-order valence-corrected chi connectivity index (χ1v) is 9.54. The first-order valence-electron chi connectivity index (χ1n) is 7.89. The van der Waals surface area contributed by atoms with E-state index in [0.717, 1.165) is 11.8 Å². The summed E-state index contributed by atoms with van der Waals surface area (Å²) in [5, 5.41) is 0. The van der Waals surface area contributed by atoms with Gasteiger partial charge in [-0.1, -0.05) is 5.92 Å². The molecule has 1 aromatic rings. The number of carbonyl (C=O) groups excluding carboxylic acids is 2. The third-order valence-corrected chi connectivity index (χ3v) is 4.48. The van der Waals surface area contributed by atoms with Crippen LogP contribution in [0.25, 0.3) is 0 Å². The maximum atomic E-state index is 12.5. The molecule has 0 aliphatic carbocycles. The van der Waals surface area contributed by atoms with Gasteiger partial charge in [-0.25, -0.2) is 13.2 Å². The average Bonchev–Trinajstić information content (AvgIpc) is 2.56. The minimum atomic E-state index is -3.89. The van der Waals surface area contributed by atoms with Crippen LogP contribution in [0.2, 0.25) is 0 Å². The smallest absolute Gasteiger partial charge is 0.415 e. The van der Waals surface area contributed by atoms with Crippen LogP contribution < -0.4 is 9.64 Å². The van der Waals surface area contributed by atoms with Crippen LogP contribution in [0.4, 0.5) is 10.5 Å². The molecule has 0 atom stereocenters. The molecule has 0 heterocycles. The first-order chi connectivity index (χ1) is 12.4. The van der Waals surface area contributed by atoms with Crippen molar-refractivity contribution in [2.45, 2.75) is 38.2 Å². The molecule has 148 valence electrons. The van der Waals surface area contributed by atoms with Crippen LogP contribution in [0, 0.1) is 12.3 Å². The summed E-state index contributed by atoms with van der Waals surface area (Å²) >= 11 is 0. The van der Waals surface area contributed by atoms with E-state index in [0.29, 0.717) is 0 Å². The molecule has 0 aromatic heterocycles. The van der Waals surface area contributed by atoms with Crippen molar-refractivity contribution in [2.24, 2.45) is 0 Å². The second kappa shape index (κ2) is 8.77. The minimum absolute atomic E-state index is 0.0972. The highest BCUT2D eigenvalue weighted by atomic mass is 32.2. The van der Waals surface area contributed by atoms with Gasteiger partial charge in [0.15, 0.2) is 5.94 Å². The van der Waals surface area contributed by atoms with Crippen LogP contribution in [0.5, 0.6) is 5.75 Å². The summed E-state index contributed by atoms with van der Waals surface area (Å²) in [6.07, 6.45) is 4.64. The normalized spacial score (nSPS) is 11.3. The van der Waals surface area contributed by atoms with E-state index in [1.54, 1.807) is 20.8 Å². The summed E-state index contributed by atoms with van der Waals surface area (Å²) in [4.78, 5) is 24.3. The van der Waals surface area contributed by atoms with E-state index in [9.17, 15) is 18.0 Å². The lowest BCUT2D eigenvalue weighted by Crippen LogP contribution is -2.37. The van der Waals surface area contributed by atoms with E-state index in [-0.39, 0.29) is 22.9 Å². The van der Waals surface area contributed by atoms with Gasteiger partial charge < -0.3 is 14.2 Å². The number of carbonyl (C=O) groups is 2. The molecule has 0 spiro atoms. The van der Waals surface area contributed by atoms with Crippen LogP contribution in [-0.4, -0.2) is 45.7 Å². The Morgan fingerprint density at radius 1 is 1.26 bits per heavy atom. The zero-order chi connectivity index (χ0) is 20.8. The predicted molar refractivity (Wildman–Crippen MR) is 99.2 cm³/mol. The minimum Gasteiger partial charge on any atom is -0.495 e. The Kier molecular flexibility index (Phi) is 7.25. The van der Waals surface area contributed by atoms with Gasteiger partial charge in [-0.2, -0.15) is 0 Å². The molecule has 0 aliphatic heterocycles. The number of hydrogen-bond donors (Lipinski definition) is 0. The van der Waals surface area contributed by atoms with Crippen molar-refractivity contribution in [3.63, 3.8) is 0 Å². The van der Waals surface area contributed by atoms with Gasteiger partial charge in [0.05, 0.1) is 24.2 Å². The third kappa shape index (κ3) is 6.49. The number of hydrogen-bond acceptors (Lipinski definition) is 7. The second-order valence-electron chi connectivity index (χ2n) is 6.47. The monoisotopic (exact) mass is 397 g/mol. The fraction of sp³-hybridized carbons (Fsp3) is 0.444. The number of esters is 1. The SMILES string of the molecule is C#CCN(C(=O)OC(C)(C)C)c1ccc(S(=O)(=O)COC(C)=O)cc1OC. The molecule has 1 aromatic carbocycles. The zero-order valence-corrected chi connectivity index (χ0v) is 16.8. The molecule has 0 saturated carbocycles. The van der Waals surface area contributed by atoms with Gasteiger partial charge in [0.1, 0.15) is 11.4 Å². The number of benzene rings is 1. The molecule has 1 rings (SSSR count). The molecule has 8 nitrogen and oxygen atoms in total. The quantitative estimate of drug-likeness (QED) is 0.537. The Morgan fingerprint density at radius 3 is 2.37 bits per heavy atom. The number of sulfone groups is 1. The standard InChI is InChI=1S/C18H23NO7S/c1-7-10-19(17(21)26-18(3,4)5)15-9-8-14(11-16(15)24-6)27(22,23)12-25-13(2)20/h1,8-9,11H,10,12H2,2-6H3. The molecule has 9 heteroatoms. The summed E-state index contributed by atoms with van der Waals surface area (Å²) in [7, 11) is -2.57. The number of anilines is 1. The van der Waals surface area contributed by atoms with Gasteiger partial charge in [-0.3, -0.25) is 9.69 Å². The molecule has 0 radical (unpaired) electrons. The van der Waals surface area contributed by atoms with Crippen molar-refractivity contribution in [3.05, 3.63) is 18.2 Å². The van der Waals surface area contributed by atoms with Crippen molar-refractivity contribution in [2.75, 3.05) is 24.5 Å². The van der Waals surface area contributed by atoms with Gasteiger partial charge in [0.2, 0.25) is 9.84 Å². The lowest BCUT2D eigenvalue weighted by atomic mass is 10.2. The van der Waals surface area contributed by atoms with Crippen molar-refractivity contribution in [1.82, 2.24) is 0 Å². The molecule has 0 fully saturated rings. The number of ether oxygens (including phenoxy) is 3. The van der Waals surface area contributed by atoms with Crippen molar-refractivity contribution in [3.8, 4) is 18.1 Å². The highest BCUT2D eigenvalue weighted by Gasteiger charge is 2.26. The lowest BCUT2D eigenvalue weighted by Gasteiger charge is -2.27. The van der Waals surface area contributed by atoms with Crippen LogP contribution in [0.3, 0.4) is 0 Å². The number of methoxy groups -OCH3 is 1. The van der Waals surface area contributed by atoms with Crippen molar-refractivity contribution < 1.29 is 32.2 Å². The average molecular weight is 397 g/mol. The first kappa shape index (κ1) is 22.3.